The smallest absolute Gasteiger partial charge is 0.0624 e. The molecule has 0 saturated carbocycles. The molecule has 1 rings (SSSR count). The van der Waals surface area contributed by atoms with Crippen LogP contribution in [0, 0.1) is 0 Å². The van der Waals surface area contributed by atoms with Gasteiger partial charge in [0.15, 0.2) is 0 Å². The molecule has 1 heterocycles. The molecule has 11 heavy (non-hydrogen) atoms. The minimum absolute atomic E-state index is 0.497. The summed E-state index contributed by atoms with van der Waals surface area (Å²) in [7, 11) is 0. The zero-order valence-electron chi connectivity index (χ0n) is 6.47. The Labute approximate surface area is 71.4 Å². The molecule has 0 aliphatic heterocycles. The molecule has 0 unspecified atom stereocenters. The molecule has 0 radical (unpaired) electrons. The SMILES string of the molecule is CCc1ncc(CN)cc1Cl. The molecule has 1 aromatic rings. The maximum Gasteiger partial charge on any atom is 0.0624 e. The van der Waals surface area contributed by atoms with E-state index in [2.05, 4.69) is 4.98 Å². The molecule has 0 saturated heterocycles. The van der Waals surface area contributed by atoms with E-state index in [1.54, 1.807) is 6.20 Å². The van der Waals surface area contributed by atoms with E-state index in [0.29, 0.717) is 6.54 Å². The molecular weight excluding hydrogens is 160 g/mol. The van der Waals surface area contributed by atoms with E-state index in [9.17, 15) is 0 Å². The Morgan fingerprint density at radius 2 is 2.36 bits per heavy atom. The number of rotatable bonds is 2. The summed E-state index contributed by atoms with van der Waals surface area (Å²) >= 11 is 5.89. The number of nitrogens with zero attached hydrogens (tertiary/aromatic N) is 1. The van der Waals surface area contributed by atoms with E-state index >= 15 is 0 Å². The van der Waals surface area contributed by atoms with E-state index in [1.807, 2.05) is 13.0 Å². The van der Waals surface area contributed by atoms with Crippen molar-refractivity contribution in [3.63, 3.8) is 0 Å². The molecular formula is C8H11ClN2. The first-order valence-electron chi connectivity index (χ1n) is 3.61. The van der Waals surface area contributed by atoms with Crippen LogP contribution in [0.1, 0.15) is 18.2 Å². The van der Waals surface area contributed by atoms with Crippen LogP contribution in [0.25, 0.3) is 0 Å². The Morgan fingerprint density at radius 1 is 1.64 bits per heavy atom. The molecule has 60 valence electrons. The van der Waals surface area contributed by atoms with Crippen LogP contribution in [0.15, 0.2) is 12.3 Å². The van der Waals surface area contributed by atoms with Gasteiger partial charge in [-0.3, -0.25) is 4.98 Å². The van der Waals surface area contributed by atoms with Gasteiger partial charge in [-0.15, -0.1) is 0 Å². The topological polar surface area (TPSA) is 38.9 Å². The molecule has 0 fully saturated rings. The first kappa shape index (κ1) is 8.50. The minimum atomic E-state index is 0.497. The Morgan fingerprint density at radius 3 is 2.82 bits per heavy atom. The number of halogens is 1. The Kier molecular flexibility index (Phi) is 2.85. The second-order valence-electron chi connectivity index (χ2n) is 2.33. The molecule has 0 aliphatic carbocycles. The highest BCUT2D eigenvalue weighted by Crippen LogP contribution is 2.14. The molecule has 0 aromatic carbocycles. The molecule has 0 atom stereocenters. The summed E-state index contributed by atoms with van der Waals surface area (Å²) in [5.41, 5.74) is 7.32. The van der Waals surface area contributed by atoms with Crippen molar-refractivity contribution in [3.8, 4) is 0 Å². The lowest BCUT2D eigenvalue weighted by molar-refractivity contribution is 0.989. The fourth-order valence-corrected chi connectivity index (χ4v) is 1.20. The maximum absolute atomic E-state index is 5.89. The van der Waals surface area contributed by atoms with Gasteiger partial charge in [0.25, 0.3) is 0 Å². The highest BCUT2D eigenvalue weighted by molar-refractivity contribution is 6.31. The van der Waals surface area contributed by atoms with Crippen molar-refractivity contribution < 1.29 is 0 Å². The molecule has 0 aliphatic rings. The molecule has 0 bridgehead atoms. The predicted molar refractivity (Wildman–Crippen MR) is 46.5 cm³/mol. The van der Waals surface area contributed by atoms with Gasteiger partial charge in [-0.1, -0.05) is 18.5 Å². The summed E-state index contributed by atoms with van der Waals surface area (Å²) in [5.74, 6) is 0. The van der Waals surface area contributed by atoms with Gasteiger partial charge >= 0.3 is 0 Å². The number of hydrogen-bond acceptors (Lipinski definition) is 2. The summed E-state index contributed by atoms with van der Waals surface area (Å²) in [6.07, 6.45) is 2.63. The summed E-state index contributed by atoms with van der Waals surface area (Å²) < 4.78 is 0. The van der Waals surface area contributed by atoms with Crippen LogP contribution < -0.4 is 5.73 Å². The first-order chi connectivity index (χ1) is 5.27. The van der Waals surface area contributed by atoms with E-state index in [1.165, 1.54) is 0 Å². The van der Waals surface area contributed by atoms with Gasteiger partial charge < -0.3 is 5.73 Å². The fourth-order valence-electron chi connectivity index (χ4n) is 0.878. The second-order valence-corrected chi connectivity index (χ2v) is 2.74. The number of hydrogen-bond donors (Lipinski definition) is 1. The van der Waals surface area contributed by atoms with Crippen LogP contribution in [0.2, 0.25) is 5.02 Å². The lowest BCUT2D eigenvalue weighted by Crippen LogP contribution is -1.98. The van der Waals surface area contributed by atoms with Crippen LogP contribution in [0.3, 0.4) is 0 Å². The third kappa shape index (κ3) is 1.91. The lowest BCUT2D eigenvalue weighted by Gasteiger charge is -2.01. The van der Waals surface area contributed by atoms with Gasteiger partial charge in [0.05, 0.1) is 10.7 Å². The van der Waals surface area contributed by atoms with Crippen molar-refractivity contribution in [2.24, 2.45) is 5.73 Å². The van der Waals surface area contributed by atoms with Gasteiger partial charge in [-0.25, -0.2) is 0 Å². The molecule has 3 heteroatoms. The lowest BCUT2D eigenvalue weighted by atomic mass is 10.2. The number of pyridine rings is 1. The van der Waals surface area contributed by atoms with Crippen LogP contribution in [-0.4, -0.2) is 4.98 Å². The highest BCUT2D eigenvalue weighted by atomic mass is 35.5. The quantitative estimate of drug-likeness (QED) is 0.735. The maximum atomic E-state index is 5.89. The number of aryl methyl sites for hydroxylation is 1. The van der Waals surface area contributed by atoms with Crippen molar-refractivity contribution in [2.75, 3.05) is 0 Å². The average Bonchev–Trinajstić information content (AvgIpc) is 2.04. The number of nitrogens with two attached hydrogens (primary N) is 1. The highest BCUT2D eigenvalue weighted by Gasteiger charge is 1.99. The normalized spacial score (nSPS) is 10.1. The van der Waals surface area contributed by atoms with E-state index < -0.39 is 0 Å². The molecule has 2 nitrogen and oxygen atoms in total. The van der Waals surface area contributed by atoms with Crippen molar-refractivity contribution in [3.05, 3.63) is 28.5 Å². The van der Waals surface area contributed by atoms with Crippen LogP contribution >= 0.6 is 11.6 Å². The molecule has 2 N–H and O–H groups in total. The van der Waals surface area contributed by atoms with E-state index in [-0.39, 0.29) is 0 Å². The Bertz CT molecular complexity index is 248. The van der Waals surface area contributed by atoms with Crippen molar-refractivity contribution >= 4 is 11.6 Å². The minimum Gasteiger partial charge on any atom is -0.326 e. The third-order valence-corrected chi connectivity index (χ3v) is 1.87. The fraction of sp³-hybridized carbons (Fsp3) is 0.375. The van der Waals surface area contributed by atoms with Crippen molar-refractivity contribution in [2.45, 2.75) is 19.9 Å². The van der Waals surface area contributed by atoms with Crippen LogP contribution in [0.5, 0.6) is 0 Å². The van der Waals surface area contributed by atoms with Crippen molar-refractivity contribution in [1.82, 2.24) is 4.98 Å². The zero-order valence-corrected chi connectivity index (χ0v) is 7.23. The first-order valence-corrected chi connectivity index (χ1v) is 3.99. The largest absolute Gasteiger partial charge is 0.326 e. The molecule has 1 aromatic heterocycles. The molecule has 0 spiro atoms. The summed E-state index contributed by atoms with van der Waals surface area (Å²) in [4.78, 5) is 4.16. The van der Waals surface area contributed by atoms with Gasteiger partial charge in [-0.2, -0.15) is 0 Å². The number of aromatic nitrogens is 1. The van der Waals surface area contributed by atoms with Gasteiger partial charge in [0.1, 0.15) is 0 Å². The van der Waals surface area contributed by atoms with Crippen LogP contribution in [0.4, 0.5) is 0 Å². The summed E-state index contributed by atoms with van der Waals surface area (Å²) in [5, 5.41) is 0.718. The van der Waals surface area contributed by atoms with Gasteiger partial charge in [0, 0.05) is 12.7 Å². The summed E-state index contributed by atoms with van der Waals surface area (Å²) in [6.45, 7) is 2.52. The van der Waals surface area contributed by atoms with Crippen LogP contribution in [-0.2, 0) is 13.0 Å². The molecule has 0 amide bonds. The van der Waals surface area contributed by atoms with Gasteiger partial charge in [-0.05, 0) is 18.1 Å². The van der Waals surface area contributed by atoms with Gasteiger partial charge in [0.2, 0.25) is 0 Å². The predicted octanol–water partition coefficient (Wildman–Crippen LogP) is 1.76. The third-order valence-electron chi connectivity index (χ3n) is 1.54. The Hall–Kier alpha value is -0.600. The standard InChI is InChI=1S/C8H11ClN2/c1-2-8-7(9)3-6(4-10)5-11-8/h3,5H,2,4,10H2,1H3. The summed E-state index contributed by atoms with van der Waals surface area (Å²) in [6, 6.07) is 1.87. The average molecular weight is 171 g/mol. The monoisotopic (exact) mass is 170 g/mol. The van der Waals surface area contributed by atoms with Crippen molar-refractivity contribution in [1.29, 1.82) is 0 Å². The zero-order chi connectivity index (χ0) is 8.27. The van der Waals surface area contributed by atoms with E-state index in [4.69, 9.17) is 17.3 Å². The Balaban J connectivity index is 2.99. The van der Waals surface area contributed by atoms with E-state index in [0.717, 1.165) is 22.7 Å². The second kappa shape index (κ2) is 3.69.